The summed E-state index contributed by atoms with van der Waals surface area (Å²) in [6, 6.07) is 9.20. The molecular formula is C11H11N3O. The Morgan fingerprint density at radius 3 is 2.80 bits per heavy atom. The Morgan fingerprint density at radius 1 is 1.27 bits per heavy atom. The molecule has 2 N–H and O–H groups in total. The molecule has 0 amide bonds. The predicted molar refractivity (Wildman–Crippen MR) is 58.5 cm³/mol. The van der Waals surface area contributed by atoms with Crippen molar-refractivity contribution in [2.24, 2.45) is 0 Å². The van der Waals surface area contributed by atoms with Crippen LogP contribution in [0.15, 0.2) is 47.5 Å². The van der Waals surface area contributed by atoms with Crippen molar-refractivity contribution in [2.45, 2.75) is 6.54 Å². The van der Waals surface area contributed by atoms with E-state index >= 15 is 0 Å². The zero-order valence-electron chi connectivity index (χ0n) is 8.13. The van der Waals surface area contributed by atoms with Crippen molar-refractivity contribution in [3.63, 3.8) is 0 Å². The summed E-state index contributed by atoms with van der Waals surface area (Å²) in [5, 5.41) is 0. The molecule has 2 aromatic rings. The average Bonchev–Trinajstić information content (AvgIpc) is 2.24. The maximum absolute atomic E-state index is 11.3. The monoisotopic (exact) mass is 201 g/mol. The Labute approximate surface area is 87.0 Å². The first kappa shape index (κ1) is 9.45. The van der Waals surface area contributed by atoms with Crippen LogP contribution in [-0.2, 0) is 6.54 Å². The van der Waals surface area contributed by atoms with Gasteiger partial charge in [-0.1, -0.05) is 18.2 Å². The van der Waals surface area contributed by atoms with Crippen molar-refractivity contribution < 1.29 is 0 Å². The van der Waals surface area contributed by atoms with Gasteiger partial charge in [0.25, 0.3) is 0 Å². The molecule has 0 atom stereocenters. The third-order valence-corrected chi connectivity index (χ3v) is 2.18. The van der Waals surface area contributed by atoms with Crippen molar-refractivity contribution in [3.05, 3.63) is 58.8 Å². The van der Waals surface area contributed by atoms with Crippen molar-refractivity contribution in [2.75, 3.05) is 5.73 Å². The number of aromatic nitrogens is 2. The molecule has 0 unspecified atom stereocenters. The summed E-state index contributed by atoms with van der Waals surface area (Å²) in [6.45, 7) is 0.458. The number of nitrogen functional groups attached to an aromatic ring is 1. The summed E-state index contributed by atoms with van der Waals surface area (Å²) in [7, 11) is 0. The van der Waals surface area contributed by atoms with Crippen molar-refractivity contribution >= 4 is 5.69 Å². The lowest BCUT2D eigenvalue weighted by Crippen LogP contribution is -2.22. The van der Waals surface area contributed by atoms with E-state index in [0.29, 0.717) is 12.2 Å². The van der Waals surface area contributed by atoms with E-state index in [-0.39, 0.29) is 5.69 Å². The molecule has 15 heavy (non-hydrogen) atoms. The molecule has 1 heterocycles. The van der Waals surface area contributed by atoms with Crippen LogP contribution in [0.2, 0.25) is 0 Å². The van der Waals surface area contributed by atoms with Crippen LogP contribution < -0.4 is 11.4 Å². The zero-order chi connectivity index (χ0) is 10.7. The van der Waals surface area contributed by atoms with Crippen LogP contribution in [0.3, 0.4) is 0 Å². The second-order valence-corrected chi connectivity index (χ2v) is 3.23. The summed E-state index contributed by atoms with van der Waals surface area (Å²) in [4.78, 5) is 15.0. The standard InChI is InChI=1S/C11H11N3O/c12-10-5-2-1-4-9(10)8-14-7-3-6-13-11(14)15/h1-7H,8,12H2. The van der Waals surface area contributed by atoms with Gasteiger partial charge in [-0.2, -0.15) is 0 Å². The Balaban J connectivity index is 2.34. The zero-order valence-corrected chi connectivity index (χ0v) is 8.13. The van der Waals surface area contributed by atoms with Gasteiger partial charge in [0.2, 0.25) is 0 Å². The first-order valence-electron chi connectivity index (χ1n) is 4.62. The molecule has 76 valence electrons. The van der Waals surface area contributed by atoms with Gasteiger partial charge < -0.3 is 5.73 Å². The summed E-state index contributed by atoms with van der Waals surface area (Å²) >= 11 is 0. The van der Waals surface area contributed by atoms with Crippen molar-refractivity contribution in [3.8, 4) is 0 Å². The molecule has 0 fully saturated rings. The number of para-hydroxylation sites is 1. The Morgan fingerprint density at radius 2 is 2.07 bits per heavy atom. The van der Waals surface area contributed by atoms with E-state index in [2.05, 4.69) is 4.98 Å². The molecule has 4 nitrogen and oxygen atoms in total. The van der Waals surface area contributed by atoms with E-state index in [9.17, 15) is 4.79 Å². The maximum atomic E-state index is 11.3. The second kappa shape index (κ2) is 3.96. The molecule has 0 bridgehead atoms. The van der Waals surface area contributed by atoms with Crippen LogP contribution >= 0.6 is 0 Å². The maximum Gasteiger partial charge on any atom is 0.347 e. The van der Waals surface area contributed by atoms with Gasteiger partial charge in [-0.05, 0) is 17.7 Å². The largest absolute Gasteiger partial charge is 0.398 e. The van der Waals surface area contributed by atoms with Gasteiger partial charge in [0, 0.05) is 18.1 Å². The number of benzene rings is 1. The molecule has 1 aromatic carbocycles. The molecule has 1 aromatic heterocycles. The molecule has 4 heteroatoms. The summed E-state index contributed by atoms with van der Waals surface area (Å²) in [5.74, 6) is 0. The molecule has 2 rings (SSSR count). The Hall–Kier alpha value is -2.10. The summed E-state index contributed by atoms with van der Waals surface area (Å²) in [6.07, 6.45) is 3.18. The quantitative estimate of drug-likeness (QED) is 0.733. The van der Waals surface area contributed by atoms with Gasteiger partial charge in [-0.25, -0.2) is 9.78 Å². The number of anilines is 1. The fourth-order valence-electron chi connectivity index (χ4n) is 1.37. The lowest BCUT2D eigenvalue weighted by molar-refractivity contribution is 0.728. The van der Waals surface area contributed by atoms with Gasteiger partial charge in [-0.3, -0.25) is 4.57 Å². The topological polar surface area (TPSA) is 60.9 Å². The molecule has 0 spiro atoms. The van der Waals surface area contributed by atoms with Crippen LogP contribution in [0, 0.1) is 0 Å². The molecule has 0 radical (unpaired) electrons. The minimum Gasteiger partial charge on any atom is -0.398 e. The average molecular weight is 201 g/mol. The highest BCUT2D eigenvalue weighted by Crippen LogP contribution is 2.10. The summed E-state index contributed by atoms with van der Waals surface area (Å²) < 4.78 is 1.52. The fraction of sp³-hybridized carbons (Fsp3) is 0.0909. The number of nitrogens with zero attached hydrogens (tertiary/aromatic N) is 2. The smallest absolute Gasteiger partial charge is 0.347 e. The Bertz CT molecular complexity index is 519. The normalized spacial score (nSPS) is 10.1. The van der Waals surface area contributed by atoms with Gasteiger partial charge in [0.15, 0.2) is 0 Å². The van der Waals surface area contributed by atoms with Gasteiger partial charge in [0.1, 0.15) is 0 Å². The lowest BCUT2D eigenvalue weighted by Gasteiger charge is -2.06. The van der Waals surface area contributed by atoms with E-state index in [4.69, 9.17) is 5.73 Å². The summed E-state index contributed by atoms with van der Waals surface area (Å²) in [5.41, 5.74) is 7.13. The highest BCUT2D eigenvalue weighted by atomic mass is 16.1. The van der Waals surface area contributed by atoms with E-state index in [1.807, 2.05) is 24.3 Å². The first-order valence-corrected chi connectivity index (χ1v) is 4.62. The van der Waals surface area contributed by atoms with Gasteiger partial charge in [0.05, 0.1) is 6.54 Å². The number of hydrogen-bond acceptors (Lipinski definition) is 3. The van der Waals surface area contributed by atoms with Crippen LogP contribution in [0.4, 0.5) is 5.69 Å². The van der Waals surface area contributed by atoms with E-state index in [1.165, 1.54) is 10.8 Å². The molecular weight excluding hydrogens is 190 g/mol. The predicted octanol–water partition coefficient (Wildman–Crippen LogP) is 0.874. The first-order chi connectivity index (χ1) is 7.27. The third kappa shape index (κ3) is 2.04. The lowest BCUT2D eigenvalue weighted by atomic mass is 10.2. The molecule has 0 saturated heterocycles. The fourth-order valence-corrected chi connectivity index (χ4v) is 1.37. The molecule has 0 saturated carbocycles. The number of rotatable bonds is 2. The Kier molecular flexibility index (Phi) is 2.49. The van der Waals surface area contributed by atoms with Crippen LogP contribution in [0.25, 0.3) is 0 Å². The third-order valence-electron chi connectivity index (χ3n) is 2.18. The van der Waals surface area contributed by atoms with E-state index in [1.54, 1.807) is 12.3 Å². The number of nitrogens with two attached hydrogens (primary N) is 1. The van der Waals surface area contributed by atoms with Crippen LogP contribution in [0.1, 0.15) is 5.56 Å². The van der Waals surface area contributed by atoms with Crippen molar-refractivity contribution in [1.29, 1.82) is 0 Å². The van der Waals surface area contributed by atoms with Crippen LogP contribution in [-0.4, -0.2) is 9.55 Å². The van der Waals surface area contributed by atoms with Gasteiger partial charge >= 0.3 is 5.69 Å². The highest BCUT2D eigenvalue weighted by molar-refractivity contribution is 5.46. The SMILES string of the molecule is Nc1ccccc1Cn1cccnc1=O. The van der Waals surface area contributed by atoms with Crippen molar-refractivity contribution in [1.82, 2.24) is 9.55 Å². The highest BCUT2D eigenvalue weighted by Gasteiger charge is 2.00. The van der Waals surface area contributed by atoms with Gasteiger partial charge in [-0.15, -0.1) is 0 Å². The van der Waals surface area contributed by atoms with E-state index < -0.39 is 0 Å². The molecule has 0 aliphatic carbocycles. The number of hydrogen-bond donors (Lipinski definition) is 1. The molecule has 0 aliphatic rings. The molecule has 0 aliphatic heterocycles. The minimum absolute atomic E-state index is 0.263. The second-order valence-electron chi connectivity index (χ2n) is 3.23. The van der Waals surface area contributed by atoms with E-state index in [0.717, 1.165) is 5.56 Å². The minimum atomic E-state index is -0.263. The van der Waals surface area contributed by atoms with Crippen LogP contribution in [0.5, 0.6) is 0 Å².